The van der Waals surface area contributed by atoms with Gasteiger partial charge in [0.15, 0.2) is 0 Å². The van der Waals surface area contributed by atoms with Crippen LogP contribution >= 0.6 is 36.4 Å². The zero-order valence-electron chi connectivity index (χ0n) is 15.4. The predicted octanol–water partition coefficient (Wildman–Crippen LogP) is 3.44. The number of nitrogens with zero attached hydrogens (tertiary/aromatic N) is 2. The minimum atomic E-state index is -0.110. The highest BCUT2D eigenvalue weighted by Gasteiger charge is 2.25. The number of hydrogen-bond acceptors (Lipinski definition) is 5. The Morgan fingerprint density at radius 3 is 2.46 bits per heavy atom. The summed E-state index contributed by atoms with van der Waals surface area (Å²) >= 11 is 6.07. The number of nitrogens with two attached hydrogens (primary N) is 1. The molecule has 0 saturated carbocycles. The number of phenols is 1. The lowest BCUT2D eigenvalue weighted by Gasteiger charge is -2.35. The van der Waals surface area contributed by atoms with Crippen molar-refractivity contribution in [1.29, 1.82) is 0 Å². The molecule has 6 nitrogen and oxygen atoms in total. The van der Waals surface area contributed by atoms with Crippen LogP contribution in [0, 0.1) is 0 Å². The van der Waals surface area contributed by atoms with Crippen molar-refractivity contribution in [3.8, 4) is 11.5 Å². The molecule has 0 bridgehead atoms. The van der Waals surface area contributed by atoms with Gasteiger partial charge in [0.25, 0.3) is 5.91 Å². The van der Waals surface area contributed by atoms with Crippen LogP contribution in [-0.4, -0.2) is 54.1 Å². The molecule has 0 spiro atoms. The SMILES string of the molecule is COc1cc(N)c(Cl)cc1C(=O)N1CCN(Cc2cccc(O)c2)CC1.Cl.Cl. The van der Waals surface area contributed by atoms with E-state index >= 15 is 0 Å². The molecule has 3 rings (SSSR count). The van der Waals surface area contributed by atoms with Gasteiger partial charge in [0, 0.05) is 38.8 Å². The highest BCUT2D eigenvalue weighted by Crippen LogP contribution is 2.30. The molecule has 1 fully saturated rings. The van der Waals surface area contributed by atoms with E-state index in [2.05, 4.69) is 4.90 Å². The average molecular weight is 449 g/mol. The van der Waals surface area contributed by atoms with E-state index in [1.54, 1.807) is 29.2 Å². The Kier molecular flexibility index (Phi) is 9.17. The summed E-state index contributed by atoms with van der Waals surface area (Å²) in [6.45, 7) is 3.48. The number of carbonyl (C=O) groups is 1. The van der Waals surface area contributed by atoms with Crippen molar-refractivity contribution in [3.05, 3.63) is 52.5 Å². The molecular weight excluding hydrogens is 425 g/mol. The number of halogens is 3. The normalized spacial score (nSPS) is 14.0. The lowest BCUT2D eigenvalue weighted by Crippen LogP contribution is -2.48. The summed E-state index contributed by atoms with van der Waals surface area (Å²) in [7, 11) is 1.51. The van der Waals surface area contributed by atoms with Gasteiger partial charge in [-0.05, 0) is 23.8 Å². The van der Waals surface area contributed by atoms with Crippen LogP contribution in [0.1, 0.15) is 15.9 Å². The Morgan fingerprint density at radius 2 is 1.86 bits per heavy atom. The van der Waals surface area contributed by atoms with Gasteiger partial charge in [-0.3, -0.25) is 9.69 Å². The molecule has 0 unspecified atom stereocenters. The third kappa shape index (κ3) is 5.58. The molecule has 1 aliphatic rings. The fraction of sp³-hybridized carbons (Fsp3) is 0.316. The number of rotatable bonds is 4. The minimum absolute atomic E-state index is 0. The molecule has 0 aliphatic carbocycles. The molecule has 2 aromatic rings. The number of aromatic hydroxyl groups is 1. The summed E-state index contributed by atoms with van der Waals surface area (Å²) in [5.41, 5.74) is 7.65. The third-order valence-corrected chi connectivity index (χ3v) is 4.85. The summed E-state index contributed by atoms with van der Waals surface area (Å²) < 4.78 is 5.28. The van der Waals surface area contributed by atoms with Gasteiger partial charge in [0.2, 0.25) is 0 Å². The van der Waals surface area contributed by atoms with E-state index < -0.39 is 0 Å². The third-order valence-electron chi connectivity index (χ3n) is 4.53. The number of carbonyl (C=O) groups excluding carboxylic acids is 1. The molecule has 28 heavy (non-hydrogen) atoms. The van der Waals surface area contributed by atoms with E-state index in [4.69, 9.17) is 22.1 Å². The van der Waals surface area contributed by atoms with E-state index in [-0.39, 0.29) is 36.5 Å². The first-order valence-corrected chi connectivity index (χ1v) is 8.78. The number of anilines is 1. The van der Waals surface area contributed by atoms with Gasteiger partial charge in [-0.25, -0.2) is 0 Å². The van der Waals surface area contributed by atoms with E-state index in [9.17, 15) is 9.90 Å². The van der Waals surface area contributed by atoms with Gasteiger partial charge in [-0.15, -0.1) is 24.8 Å². The quantitative estimate of drug-likeness (QED) is 0.701. The van der Waals surface area contributed by atoms with Crippen molar-refractivity contribution in [2.45, 2.75) is 6.54 Å². The Labute approximate surface area is 182 Å². The van der Waals surface area contributed by atoms with Crippen molar-refractivity contribution < 1.29 is 14.6 Å². The molecule has 0 atom stereocenters. The molecule has 1 heterocycles. The highest BCUT2D eigenvalue weighted by atomic mass is 35.5. The second-order valence-electron chi connectivity index (χ2n) is 6.31. The van der Waals surface area contributed by atoms with Gasteiger partial charge in [0.05, 0.1) is 23.4 Å². The van der Waals surface area contributed by atoms with Gasteiger partial charge in [-0.1, -0.05) is 23.7 Å². The highest BCUT2D eigenvalue weighted by molar-refractivity contribution is 6.33. The number of amides is 1. The van der Waals surface area contributed by atoms with Gasteiger partial charge < -0.3 is 20.5 Å². The second kappa shape index (κ2) is 10.6. The van der Waals surface area contributed by atoms with Gasteiger partial charge >= 0.3 is 0 Å². The molecule has 3 N–H and O–H groups in total. The fourth-order valence-electron chi connectivity index (χ4n) is 3.10. The van der Waals surface area contributed by atoms with E-state index in [1.807, 2.05) is 12.1 Å². The monoisotopic (exact) mass is 447 g/mol. The van der Waals surface area contributed by atoms with Crippen LogP contribution in [0.5, 0.6) is 11.5 Å². The molecule has 154 valence electrons. The maximum Gasteiger partial charge on any atom is 0.257 e. The first kappa shape index (κ1) is 24.2. The number of nitrogen functional groups attached to an aromatic ring is 1. The zero-order chi connectivity index (χ0) is 18.7. The number of phenolic OH excluding ortho intramolecular Hbond substituents is 1. The Balaban J connectivity index is 0.00000196. The van der Waals surface area contributed by atoms with Gasteiger partial charge in [-0.2, -0.15) is 0 Å². The molecule has 0 radical (unpaired) electrons. The maximum atomic E-state index is 12.8. The minimum Gasteiger partial charge on any atom is -0.508 e. The predicted molar refractivity (Wildman–Crippen MR) is 116 cm³/mol. The first-order chi connectivity index (χ1) is 12.5. The summed E-state index contributed by atoms with van der Waals surface area (Å²) in [5.74, 6) is 0.587. The largest absolute Gasteiger partial charge is 0.508 e. The van der Waals surface area contributed by atoms with Crippen molar-refractivity contribution in [1.82, 2.24) is 9.80 Å². The van der Waals surface area contributed by atoms with Crippen LogP contribution in [-0.2, 0) is 6.54 Å². The van der Waals surface area contributed by atoms with E-state index in [0.717, 1.165) is 25.2 Å². The molecule has 9 heteroatoms. The van der Waals surface area contributed by atoms with Crippen molar-refractivity contribution in [2.75, 3.05) is 39.0 Å². The van der Waals surface area contributed by atoms with Crippen LogP contribution in [0.2, 0.25) is 5.02 Å². The van der Waals surface area contributed by atoms with Crippen molar-refractivity contribution >= 4 is 48.0 Å². The lowest BCUT2D eigenvalue weighted by atomic mass is 10.1. The fourth-order valence-corrected chi connectivity index (χ4v) is 3.26. The Bertz CT molecular complexity index is 812. The van der Waals surface area contributed by atoms with Crippen LogP contribution in [0.25, 0.3) is 0 Å². The standard InChI is InChI=1S/C19H22ClN3O3.2ClH/c1-26-18-11-17(21)16(20)10-15(18)19(25)23-7-5-22(6-8-23)12-13-3-2-4-14(24)9-13;;/h2-4,9-11,24H,5-8,12,21H2,1H3;2*1H. The zero-order valence-corrected chi connectivity index (χ0v) is 17.8. The topological polar surface area (TPSA) is 79.0 Å². The van der Waals surface area contributed by atoms with Crippen molar-refractivity contribution in [3.63, 3.8) is 0 Å². The van der Waals surface area contributed by atoms with E-state index in [0.29, 0.717) is 35.1 Å². The molecular formula is C19H24Cl3N3O3. The first-order valence-electron chi connectivity index (χ1n) is 8.40. The van der Waals surface area contributed by atoms with Crippen LogP contribution in [0.3, 0.4) is 0 Å². The van der Waals surface area contributed by atoms with E-state index in [1.165, 1.54) is 7.11 Å². The van der Waals surface area contributed by atoms with Crippen molar-refractivity contribution in [2.24, 2.45) is 0 Å². The molecule has 2 aromatic carbocycles. The number of benzene rings is 2. The summed E-state index contributed by atoms with van der Waals surface area (Å²) in [4.78, 5) is 16.9. The molecule has 0 aromatic heterocycles. The van der Waals surface area contributed by atoms with Gasteiger partial charge in [0.1, 0.15) is 11.5 Å². The lowest BCUT2D eigenvalue weighted by molar-refractivity contribution is 0.0625. The number of methoxy groups -OCH3 is 1. The average Bonchev–Trinajstić information content (AvgIpc) is 2.63. The Morgan fingerprint density at radius 1 is 1.18 bits per heavy atom. The smallest absolute Gasteiger partial charge is 0.257 e. The molecule has 1 aliphatic heterocycles. The number of ether oxygens (including phenoxy) is 1. The number of hydrogen-bond donors (Lipinski definition) is 2. The Hall–Kier alpha value is -1.86. The maximum absolute atomic E-state index is 12.8. The van der Waals surface area contributed by atoms with Crippen LogP contribution in [0.15, 0.2) is 36.4 Å². The molecule has 1 saturated heterocycles. The summed E-state index contributed by atoms with van der Waals surface area (Å²) in [6.07, 6.45) is 0. The summed E-state index contributed by atoms with van der Waals surface area (Å²) in [5, 5.41) is 9.92. The van der Waals surface area contributed by atoms with Crippen LogP contribution < -0.4 is 10.5 Å². The second-order valence-corrected chi connectivity index (χ2v) is 6.72. The van der Waals surface area contributed by atoms with Crippen LogP contribution in [0.4, 0.5) is 5.69 Å². The number of piperazine rings is 1. The summed E-state index contributed by atoms with van der Waals surface area (Å²) in [6, 6.07) is 10.4. The molecule has 1 amide bonds.